The second-order valence-electron chi connectivity index (χ2n) is 6.39. The van der Waals surface area contributed by atoms with Gasteiger partial charge in [0.1, 0.15) is 6.54 Å². The highest BCUT2D eigenvalue weighted by Gasteiger charge is 2.31. The molecule has 0 bridgehead atoms. The van der Waals surface area contributed by atoms with Gasteiger partial charge in [-0.1, -0.05) is 18.9 Å². The van der Waals surface area contributed by atoms with Crippen LogP contribution < -0.4 is 11.0 Å². The Labute approximate surface area is 138 Å². The molecule has 122 valence electrons. The van der Waals surface area contributed by atoms with Gasteiger partial charge in [0, 0.05) is 12.1 Å². The van der Waals surface area contributed by atoms with Gasteiger partial charge in [-0.05, 0) is 37.1 Å². The summed E-state index contributed by atoms with van der Waals surface area (Å²) in [4.78, 5) is 25.8. The number of hydrogen-bond donors (Lipinski definition) is 1. The maximum absolute atomic E-state index is 12.6. The maximum Gasteiger partial charge on any atom is 0.346 e. The summed E-state index contributed by atoms with van der Waals surface area (Å²) < 4.78 is 3.08. The molecule has 2 fully saturated rings. The summed E-state index contributed by atoms with van der Waals surface area (Å²) in [6, 6.07) is 4.42. The van der Waals surface area contributed by atoms with E-state index < -0.39 is 0 Å². The molecule has 0 radical (unpaired) electrons. The third-order valence-corrected chi connectivity index (χ3v) is 5.40. The molecular weight excluding hydrogens is 312 g/mol. The van der Waals surface area contributed by atoms with E-state index in [0.717, 1.165) is 30.6 Å². The average Bonchev–Trinajstić information content (AvgIpc) is 2.95. The minimum Gasteiger partial charge on any atom is -0.352 e. The lowest BCUT2D eigenvalue weighted by atomic mass is 10.2. The molecule has 0 aromatic carbocycles. The molecule has 7 heteroatoms. The lowest BCUT2D eigenvalue weighted by molar-refractivity contribution is -0.122. The Morgan fingerprint density at radius 2 is 2.09 bits per heavy atom. The van der Waals surface area contributed by atoms with E-state index in [1.54, 1.807) is 15.9 Å². The Morgan fingerprint density at radius 1 is 1.30 bits per heavy atom. The van der Waals surface area contributed by atoms with Crippen molar-refractivity contribution >= 4 is 17.2 Å². The lowest BCUT2D eigenvalue weighted by Crippen LogP contribution is -2.38. The van der Waals surface area contributed by atoms with Crippen molar-refractivity contribution in [1.82, 2.24) is 19.7 Å². The molecule has 2 aliphatic carbocycles. The molecule has 0 spiro atoms. The molecular formula is C16H20N4O2S. The number of amides is 1. The fourth-order valence-corrected chi connectivity index (χ4v) is 3.94. The van der Waals surface area contributed by atoms with E-state index in [9.17, 15) is 9.59 Å². The van der Waals surface area contributed by atoms with E-state index in [1.807, 2.05) is 17.5 Å². The second-order valence-corrected chi connectivity index (χ2v) is 7.34. The molecule has 4 rings (SSSR count). The van der Waals surface area contributed by atoms with Crippen LogP contribution in [0.5, 0.6) is 0 Å². The van der Waals surface area contributed by atoms with Crippen LogP contribution in [0.3, 0.4) is 0 Å². The lowest BCUT2D eigenvalue weighted by Gasteiger charge is -2.11. The highest BCUT2D eigenvalue weighted by molar-refractivity contribution is 7.13. The van der Waals surface area contributed by atoms with Gasteiger partial charge in [-0.25, -0.2) is 9.48 Å². The van der Waals surface area contributed by atoms with Crippen molar-refractivity contribution in [3.63, 3.8) is 0 Å². The van der Waals surface area contributed by atoms with Crippen molar-refractivity contribution in [2.45, 2.75) is 57.2 Å². The topological polar surface area (TPSA) is 68.9 Å². The number of aromatic nitrogens is 3. The first-order valence-electron chi connectivity index (χ1n) is 8.25. The summed E-state index contributed by atoms with van der Waals surface area (Å²) in [7, 11) is 0. The molecule has 0 unspecified atom stereocenters. The number of carbonyl (C=O) groups excluding carboxylic acids is 1. The summed E-state index contributed by atoms with van der Waals surface area (Å²) in [5, 5.41) is 9.44. The zero-order valence-electron chi connectivity index (χ0n) is 12.9. The van der Waals surface area contributed by atoms with Crippen LogP contribution in [0.25, 0.3) is 10.7 Å². The number of thiophene rings is 1. The molecule has 2 aromatic rings. The molecule has 2 saturated carbocycles. The van der Waals surface area contributed by atoms with Gasteiger partial charge in [0.2, 0.25) is 5.91 Å². The van der Waals surface area contributed by atoms with E-state index >= 15 is 0 Å². The summed E-state index contributed by atoms with van der Waals surface area (Å²) in [6.45, 7) is 0.00737. The quantitative estimate of drug-likeness (QED) is 0.912. The van der Waals surface area contributed by atoms with Gasteiger partial charge in [-0.3, -0.25) is 9.36 Å². The largest absolute Gasteiger partial charge is 0.352 e. The molecule has 6 nitrogen and oxygen atoms in total. The van der Waals surface area contributed by atoms with Crippen molar-refractivity contribution < 1.29 is 4.79 Å². The first kappa shape index (κ1) is 14.7. The SMILES string of the molecule is O=C(Cn1nc(-c2cccs2)n(C2CC2)c1=O)NC1CCCC1. The minimum absolute atomic E-state index is 0.00737. The normalized spacial score (nSPS) is 18.4. The maximum atomic E-state index is 12.6. The Kier molecular flexibility index (Phi) is 3.80. The van der Waals surface area contributed by atoms with Crippen LogP contribution in [0.15, 0.2) is 22.3 Å². The number of carbonyl (C=O) groups is 1. The third-order valence-electron chi connectivity index (χ3n) is 4.54. The molecule has 23 heavy (non-hydrogen) atoms. The van der Waals surface area contributed by atoms with E-state index in [1.165, 1.54) is 17.5 Å². The summed E-state index contributed by atoms with van der Waals surface area (Å²) >= 11 is 1.57. The van der Waals surface area contributed by atoms with E-state index in [2.05, 4.69) is 10.4 Å². The molecule has 1 amide bonds. The molecule has 0 atom stereocenters. The monoisotopic (exact) mass is 332 g/mol. The van der Waals surface area contributed by atoms with Crippen LogP contribution in [0.2, 0.25) is 0 Å². The van der Waals surface area contributed by atoms with Gasteiger partial charge in [-0.15, -0.1) is 16.4 Å². The van der Waals surface area contributed by atoms with Gasteiger partial charge in [0.25, 0.3) is 0 Å². The molecule has 2 heterocycles. The Morgan fingerprint density at radius 3 is 2.74 bits per heavy atom. The fraction of sp³-hybridized carbons (Fsp3) is 0.562. The highest BCUT2D eigenvalue weighted by Crippen LogP contribution is 2.37. The first-order chi connectivity index (χ1) is 11.2. The molecule has 0 aliphatic heterocycles. The van der Waals surface area contributed by atoms with Crippen LogP contribution in [0.1, 0.15) is 44.6 Å². The summed E-state index contributed by atoms with van der Waals surface area (Å²) in [5.74, 6) is 0.582. The van der Waals surface area contributed by atoms with E-state index in [0.29, 0.717) is 5.82 Å². The Bertz CT molecular complexity index is 752. The van der Waals surface area contributed by atoms with Gasteiger partial charge in [0.15, 0.2) is 5.82 Å². The molecule has 2 aromatic heterocycles. The smallest absolute Gasteiger partial charge is 0.346 e. The van der Waals surface area contributed by atoms with Gasteiger partial charge >= 0.3 is 5.69 Å². The average molecular weight is 332 g/mol. The molecule has 2 aliphatic rings. The van der Waals surface area contributed by atoms with Crippen LogP contribution >= 0.6 is 11.3 Å². The Balaban J connectivity index is 1.57. The number of nitrogens with zero attached hydrogens (tertiary/aromatic N) is 3. The number of rotatable bonds is 5. The van der Waals surface area contributed by atoms with Crippen molar-refractivity contribution in [3.05, 3.63) is 28.0 Å². The zero-order chi connectivity index (χ0) is 15.8. The van der Waals surface area contributed by atoms with E-state index in [4.69, 9.17) is 0 Å². The van der Waals surface area contributed by atoms with Gasteiger partial charge < -0.3 is 5.32 Å². The van der Waals surface area contributed by atoms with Crippen LogP contribution in [-0.4, -0.2) is 26.3 Å². The third kappa shape index (κ3) is 2.97. The summed E-state index contributed by atoms with van der Waals surface area (Å²) in [6.07, 6.45) is 6.44. The van der Waals surface area contributed by atoms with Crippen molar-refractivity contribution in [2.24, 2.45) is 0 Å². The van der Waals surface area contributed by atoms with Crippen molar-refractivity contribution in [1.29, 1.82) is 0 Å². The first-order valence-corrected chi connectivity index (χ1v) is 9.13. The minimum atomic E-state index is -0.169. The Hall–Kier alpha value is -1.89. The van der Waals surface area contributed by atoms with Crippen molar-refractivity contribution in [2.75, 3.05) is 0 Å². The second kappa shape index (κ2) is 5.96. The van der Waals surface area contributed by atoms with Gasteiger partial charge in [0.05, 0.1) is 4.88 Å². The van der Waals surface area contributed by atoms with Crippen LogP contribution in [0.4, 0.5) is 0 Å². The number of hydrogen-bond acceptors (Lipinski definition) is 4. The number of nitrogens with one attached hydrogen (secondary N) is 1. The predicted octanol–water partition coefficient (Wildman–Crippen LogP) is 2.17. The zero-order valence-corrected chi connectivity index (χ0v) is 13.7. The summed E-state index contributed by atoms with van der Waals surface area (Å²) in [5.41, 5.74) is -0.169. The van der Waals surface area contributed by atoms with Gasteiger partial charge in [-0.2, -0.15) is 0 Å². The molecule has 1 N–H and O–H groups in total. The van der Waals surface area contributed by atoms with Crippen molar-refractivity contribution in [3.8, 4) is 10.7 Å². The van der Waals surface area contributed by atoms with Crippen LogP contribution in [-0.2, 0) is 11.3 Å². The van der Waals surface area contributed by atoms with Crippen LogP contribution in [0, 0.1) is 0 Å². The fourth-order valence-electron chi connectivity index (χ4n) is 3.24. The molecule has 0 saturated heterocycles. The van der Waals surface area contributed by atoms with E-state index in [-0.39, 0.29) is 30.2 Å². The highest BCUT2D eigenvalue weighted by atomic mass is 32.1. The standard InChI is InChI=1S/C16H20N4O2S/c21-14(17-11-4-1-2-5-11)10-19-16(22)20(12-7-8-12)15(18-19)13-6-3-9-23-13/h3,6,9,11-12H,1-2,4-5,7-8,10H2,(H,17,21). The predicted molar refractivity (Wildman–Crippen MR) is 88.5 cm³/mol.